The summed E-state index contributed by atoms with van der Waals surface area (Å²) >= 11 is 1.27. The van der Waals surface area contributed by atoms with Gasteiger partial charge in [0.2, 0.25) is 0 Å². The van der Waals surface area contributed by atoms with Crippen molar-refractivity contribution in [3.05, 3.63) is 59.1 Å². The van der Waals surface area contributed by atoms with Crippen LogP contribution in [0, 0.1) is 5.82 Å². The highest BCUT2D eigenvalue weighted by atomic mass is 32.1. The van der Waals surface area contributed by atoms with Crippen LogP contribution in [0.25, 0.3) is 10.2 Å². The van der Waals surface area contributed by atoms with Crippen LogP contribution < -0.4 is 9.54 Å². The van der Waals surface area contributed by atoms with Gasteiger partial charge in [-0.05, 0) is 44.2 Å². The molecule has 7 heteroatoms. The fourth-order valence-corrected chi connectivity index (χ4v) is 3.67. The van der Waals surface area contributed by atoms with Gasteiger partial charge in [-0.1, -0.05) is 29.5 Å². The minimum Gasteiger partial charge on any atom is -0.481 e. The van der Waals surface area contributed by atoms with E-state index < -0.39 is 12.0 Å². The number of thiazole rings is 1. The summed E-state index contributed by atoms with van der Waals surface area (Å²) in [5.74, 6) is -0.105. The standard InChI is InChI=1S/C20H21FN2O3S/c1-3-25-12-11-23-17-10-9-15(21)13-18(17)27-20(23)22-19(24)14(2)26-16-7-5-4-6-8-16/h4-10,13-14H,3,11-12H2,1-2H3. The zero-order chi connectivity index (χ0) is 19.2. The first-order valence-corrected chi connectivity index (χ1v) is 9.57. The Bertz CT molecular complexity index is 982. The number of amides is 1. The van der Waals surface area contributed by atoms with E-state index in [2.05, 4.69) is 4.99 Å². The van der Waals surface area contributed by atoms with E-state index in [-0.39, 0.29) is 5.82 Å². The molecule has 2 aromatic carbocycles. The highest BCUT2D eigenvalue weighted by molar-refractivity contribution is 7.16. The molecule has 0 aliphatic rings. The van der Waals surface area contributed by atoms with Gasteiger partial charge in [-0.3, -0.25) is 4.79 Å². The van der Waals surface area contributed by atoms with Crippen LogP contribution in [0.15, 0.2) is 53.5 Å². The third kappa shape index (κ3) is 4.81. The van der Waals surface area contributed by atoms with Gasteiger partial charge in [0, 0.05) is 13.2 Å². The molecule has 0 fully saturated rings. The van der Waals surface area contributed by atoms with E-state index in [9.17, 15) is 9.18 Å². The van der Waals surface area contributed by atoms with Crippen LogP contribution in [0.2, 0.25) is 0 Å². The van der Waals surface area contributed by atoms with E-state index >= 15 is 0 Å². The first-order valence-electron chi connectivity index (χ1n) is 8.75. The summed E-state index contributed by atoms with van der Waals surface area (Å²) in [4.78, 5) is 17.3. The van der Waals surface area contributed by atoms with Crippen molar-refractivity contribution < 1.29 is 18.7 Å². The Labute approximate surface area is 160 Å². The molecule has 3 rings (SSSR count). The number of ether oxygens (including phenoxy) is 2. The summed E-state index contributed by atoms with van der Waals surface area (Å²) in [5, 5.41) is 0. The predicted octanol–water partition coefficient (Wildman–Crippen LogP) is 3.77. The van der Waals surface area contributed by atoms with Gasteiger partial charge in [0.25, 0.3) is 5.91 Å². The third-order valence-corrected chi connectivity index (χ3v) is 4.96. The summed E-state index contributed by atoms with van der Waals surface area (Å²) in [7, 11) is 0. The lowest BCUT2D eigenvalue weighted by Crippen LogP contribution is -2.26. The van der Waals surface area contributed by atoms with Gasteiger partial charge in [-0.15, -0.1) is 0 Å². The van der Waals surface area contributed by atoms with Crippen LogP contribution in [-0.2, 0) is 16.1 Å². The number of hydrogen-bond donors (Lipinski definition) is 0. The van der Waals surface area contributed by atoms with E-state index in [1.54, 1.807) is 25.1 Å². The molecule has 0 N–H and O–H groups in total. The molecule has 1 atom stereocenters. The van der Waals surface area contributed by atoms with Crippen LogP contribution >= 0.6 is 11.3 Å². The molecule has 0 aliphatic heterocycles. The molecular formula is C20H21FN2O3S. The topological polar surface area (TPSA) is 52.8 Å². The number of aromatic nitrogens is 1. The fraction of sp³-hybridized carbons (Fsp3) is 0.300. The molecule has 5 nitrogen and oxygen atoms in total. The summed E-state index contributed by atoms with van der Waals surface area (Å²) < 4.78 is 27.3. The van der Waals surface area contributed by atoms with Crippen LogP contribution in [0.5, 0.6) is 5.75 Å². The van der Waals surface area contributed by atoms with E-state index in [0.29, 0.717) is 30.3 Å². The minimum atomic E-state index is -0.727. The summed E-state index contributed by atoms with van der Waals surface area (Å²) in [6.07, 6.45) is -0.727. The van der Waals surface area contributed by atoms with Crippen molar-refractivity contribution in [3.63, 3.8) is 0 Å². The van der Waals surface area contributed by atoms with Gasteiger partial charge >= 0.3 is 0 Å². The fourth-order valence-electron chi connectivity index (χ4n) is 2.59. The highest BCUT2D eigenvalue weighted by Crippen LogP contribution is 2.19. The van der Waals surface area contributed by atoms with Crippen molar-refractivity contribution in [1.29, 1.82) is 0 Å². The van der Waals surface area contributed by atoms with Crippen molar-refractivity contribution in [3.8, 4) is 5.75 Å². The van der Waals surface area contributed by atoms with Gasteiger partial charge in [0.15, 0.2) is 10.9 Å². The first-order chi connectivity index (χ1) is 13.1. The molecule has 0 spiro atoms. The SMILES string of the molecule is CCOCCn1c(=NC(=O)C(C)Oc2ccccc2)sc2cc(F)ccc21. The minimum absolute atomic E-state index is 0.320. The first kappa shape index (κ1) is 19.3. The Balaban J connectivity index is 1.90. The predicted molar refractivity (Wildman–Crippen MR) is 103 cm³/mol. The van der Waals surface area contributed by atoms with Gasteiger partial charge in [0.05, 0.1) is 16.8 Å². The monoisotopic (exact) mass is 388 g/mol. The summed E-state index contributed by atoms with van der Waals surface area (Å²) in [6, 6.07) is 13.7. The number of hydrogen-bond acceptors (Lipinski definition) is 4. The highest BCUT2D eigenvalue weighted by Gasteiger charge is 2.15. The molecule has 3 aromatic rings. The van der Waals surface area contributed by atoms with Crippen molar-refractivity contribution in [2.45, 2.75) is 26.5 Å². The molecule has 0 bridgehead atoms. The van der Waals surface area contributed by atoms with E-state index in [1.807, 2.05) is 29.7 Å². The third-order valence-electron chi connectivity index (χ3n) is 3.92. The second kappa shape index (κ2) is 8.92. The maximum atomic E-state index is 13.6. The van der Waals surface area contributed by atoms with Crippen LogP contribution in [0.4, 0.5) is 4.39 Å². The molecule has 142 valence electrons. The summed E-state index contributed by atoms with van der Waals surface area (Å²) in [5.41, 5.74) is 0.823. The van der Waals surface area contributed by atoms with Gasteiger partial charge in [-0.2, -0.15) is 4.99 Å². The number of nitrogens with zero attached hydrogens (tertiary/aromatic N) is 2. The molecule has 1 aromatic heterocycles. The Morgan fingerprint density at radius 1 is 1.26 bits per heavy atom. The Kier molecular flexibility index (Phi) is 6.36. The maximum Gasteiger partial charge on any atom is 0.289 e. The van der Waals surface area contributed by atoms with E-state index in [1.165, 1.54) is 23.5 Å². The van der Waals surface area contributed by atoms with Gasteiger partial charge in [0.1, 0.15) is 11.6 Å². The van der Waals surface area contributed by atoms with Crippen molar-refractivity contribution in [2.75, 3.05) is 13.2 Å². The Morgan fingerprint density at radius 2 is 2.04 bits per heavy atom. The molecule has 0 saturated heterocycles. The second-order valence-electron chi connectivity index (χ2n) is 5.87. The lowest BCUT2D eigenvalue weighted by Gasteiger charge is -2.11. The quantitative estimate of drug-likeness (QED) is 0.579. The van der Waals surface area contributed by atoms with E-state index in [0.717, 1.165) is 10.2 Å². The number of para-hydroxylation sites is 1. The molecule has 27 heavy (non-hydrogen) atoms. The Hall–Kier alpha value is -2.51. The molecule has 0 radical (unpaired) electrons. The normalized spacial score (nSPS) is 13.1. The molecule has 0 aliphatic carbocycles. The van der Waals surface area contributed by atoms with Crippen molar-refractivity contribution in [2.24, 2.45) is 4.99 Å². The van der Waals surface area contributed by atoms with E-state index in [4.69, 9.17) is 9.47 Å². The van der Waals surface area contributed by atoms with Crippen molar-refractivity contribution in [1.82, 2.24) is 4.57 Å². The molecular weight excluding hydrogens is 367 g/mol. The number of benzene rings is 2. The average molecular weight is 388 g/mol. The van der Waals surface area contributed by atoms with Crippen LogP contribution in [0.1, 0.15) is 13.8 Å². The van der Waals surface area contributed by atoms with Gasteiger partial charge in [-0.25, -0.2) is 4.39 Å². The Morgan fingerprint density at radius 3 is 2.78 bits per heavy atom. The number of rotatable bonds is 7. The number of fused-ring (bicyclic) bond motifs is 1. The largest absolute Gasteiger partial charge is 0.481 e. The number of carbonyl (C=O) groups is 1. The average Bonchev–Trinajstić information content (AvgIpc) is 2.99. The van der Waals surface area contributed by atoms with Gasteiger partial charge < -0.3 is 14.0 Å². The van der Waals surface area contributed by atoms with Crippen LogP contribution in [-0.4, -0.2) is 29.8 Å². The zero-order valence-electron chi connectivity index (χ0n) is 15.2. The maximum absolute atomic E-state index is 13.6. The second-order valence-corrected chi connectivity index (χ2v) is 6.88. The molecule has 1 heterocycles. The lowest BCUT2D eigenvalue weighted by molar-refractivity contribution is -0.124. The smallest absolute Gasteiger partial charge is 0.289 e. The lowest BCUT2D eigenvalue weighted by atomic mass is 10.3. The molecule has 1 amide bonds. The zero-order valence-corrected chi connectivity index (χ0v) is 16.0. The number of halogens is 1. The molecule has 1 unspecified atom stereocenters. The number of carbonyl (C=O) groups excluding carboxylic acids is 1. The molecule has 0 saturated carbocycles. The van der Waals surface area contributed by atoms with Crippen molar-refractivity contribution >= 4 is 27.5 Å². The van der Waals surface area contributed by atoms with Crippen LogP contribution in [0.3, 0.4) is 0 Å². The summed E-state index contributed by atoms with van der Waals surface area (Å²) in [6.45, 7) is 5.20.